The van der Waals surface area contributed by atoms with Gasteiger partial charge in [0.2, 0.25) is 15.9 Å². The number of aryl methyl sites for hydroxylation is 1. The maximum Gasteiger partial charge on any atom is 0.243 e. The van der Waals surface area contributed by atoms with Gasteiger partial charge in [0.1, 0.15) is 11.8 Å². The van der Waals surface area contributed by atoms with Gasteiger partial charge in [0.25, 0.3) is 0 Å². The van der Waals surface area contributed by atoms with Crippen LogP contribution in [0.25, 0.3) is 0 Å². The Morgan fingerprint density at radius 2 is 1.83 bits per heavy atom. The fourth-order valence-electron chi connectivity index (χ4n) is 6.30. The number of piperazine rings is 2. The summed E-state index contributed by atoms with van der Waals surface area (Å²) in [6, 6.07) is 12.2. The summed E-state index contributed by atoms with van der Waals surface area (Å²) < 4.78 is 35.4. The standard InChI is InChI=1S/C30H39N7O4S/c1-34-14-16-35(17-15-34)20-22-6-11-27-23(18-22)4-3-5-28(27)36-21-24(32-33-36)19-29-30(38)31-12-13-37(29)42(39,40)26-9-7-25(41-2)8-10-26/h6-11,18,21,28-29H,3-5,12-17,19-20H2,1-2H3,(H,31,38)/t28-,29+/m0/s1. The van der Waals surface area contributed by atoms with Crippen LogP contribution in [0.1, 0.15) is 41.3 Å². The quantitative estimate of drug-likeness (QED) is 0.420. The van der Waals surface area contributed by atoms with Crippen LogP contribution < -0.4 is 10.1 Å². The first-order chi connectivity index (χ1) is 20.3. The molecule has 0 bridgehead atoms. The van der Waals surface area contributed by atoms with Gasteiger partial charge in [-0.3, -0.25) is 9.69 Å². The molecule has 3 aliphatic rings. The number of carbonyl (C=O) groups is 1. The summed E-state index contributed by atoms with van der Waals surface area (Å²) in [7, 11) is -0.199. The van der Waals surface area contributed by atoms with Gasteiger partial charge in [-0.25, -0.2) is 13.1 Å². The van der Waals surface area contributed by atoms with Crippen LogP contribution in [0.5, 0.6) is 5.75 Å². The van der Waals surface area contributed by atoms with E-state index in [1.807, 2.05) is 10.9 Å². The van der Waals surface area contributed by atoms with Gasteiger partial charge in [-0.1, -0.05) is 23.4 Å². The molecule has 1 N–H and O–H groups in total. The third-order valence-electron chi connectivity index (χ3n) is 8.72. The van der Waals surface area contributed by atoms with Crippen molar-refractivity contribution in [1.29, 1.82) is 0 Å². The lowest BCUT2D eigenvalue weighted by Gasteiger charge is -2.33. The number of amides is 1. The Morgan fingerprint density at radius 3 is 2.60 bits per heavy atom. The summed E-state index contributed by atoms with van der Waals surface area (Å²) >= 11 is 0. The zero-order valence-electron chi connectivity index (χ0n) is 24.3. The first kappa shape index (κ1) is 28.8. The molecule has 0 unspecified atom stereocenters. The molecule has 0 spiro atoms. The zero-order valence-corrected chi connectivity index (χ0v) is 25.1. The van der Waals surface area contributed by atoms with E-state index in [0.29, 0.717) is 11.4 Å². The smallest absolute Gasteiger partial charge is 0.243 e. The van der Waals surface area contributed by atoms with Crippen LogP contribution in [0.4, 0.5) is 0 Å². The predicted molar refractivity (Wildman–Crippen MR) is 158 cm³/mol. The Hall–Kier alpha value is -3.32. The molecule has 2 aromatic carbocycles. The SMILES string of the molecule is COc1ccc(S(=O)(=O)N2CCNC(=O)[C@H]2Cc2cn([C@H]3CCCc4cc(CN5CCN(C)CC5)ccc43)nn2)cc1. The summed E-state index contributed by atoms with van der Waals surface area (Å²) in [5.74, 6) is 0.234. The van der Waals surface area contributed by atoms with E-state index in [1.54, 1.807) is 12.1 Å². The van der Waals surface area contributed by atoms with E-state index in [2.05, 4.69) is 50.7 Å². The van der Waals surface area contributed by atoms with Gasteiger partial charge in [-0.2, -0.15) is 4.31 Å². The van der Waals surface area contributed by atoms with Crippen molar-refractivity contribution < 1.29 is 17.9 Å². The molecule has 1 amide bonds. The molecule has 2 saturated heterocycles. The third kappa shape index (κ3) is 5.94. The van der Waals surface area contributed by atoms with Crippen molar-refractivity contribution in [3.8, 4) is 5.75 Å². The number of ether oxygens (including phenoxy) is 1. The number of fused-ring (bicyclic) bond motifs is 1. The monoisotopic (exact) mass is 593 g/mol. The number of nitrogens with one attached hydrogen (secondary N) is 1. The Balaban J connectivity index is 1.18. The van der Waals surface area contributed by atoms with E-state index in [1.165, 1.54) is 40.2 Å². The molecule has 1 aromatic heterocycles. The van der Waals surface area contributed by atoms with Gasteiger partial charge in [0.15, 0.2) is 0 Å². The highest BCUT2D eigenvalue weighted by molar-refractivity contribution is 7.89. The minimum atomic E-state index is -3.90. The predicted octanol–water partition coefficient (Wildman–Crippen LogP) is 1.69. The lowest BCUT2D eigenvalue weighted by molar-refractivity contribution is -0.126. The van der Waals surface area contributed by atoms with Crippen LogP contribution in [0.3, 0.4) is 0 Å². The molecular weight excluding hydrogens is 554 g/mol. The summed E-state index contributed by atoms with van der Waals surface area (Å²) in [6.45, 7) is 5.81. The molecule has 3 aromatic rings. The van der Waals surface area contributed by atoms with Gasteiger partial charge in [0.05, 0.1) is 23.7 Å². The van der Waals surface area contributed by atoms with Crippen LogP contribution in [0.15, 0.2) is 53.6 Å². The number of sulfonamides is 1. The van der Waals surface area contributed by atoms with Crippen molar-refractivity contribution in [2.24, 2.45) is 0 Å². The Bertz CT molecular complexity index is 1520. The number of hydrogen-bond donors (Lipinski definition) is 1. The fraction of sp³-hybridized carbons (Fsp3) is 0.500. The molecular formula is C30H39N7O4S. The van der Waals surface area contributed by atoms with Gasteiger partial charge in [-0.05, 0) is 67.3 Å². The maximum atomic E-state index is 13.5. The van der Waals surface area contributed by atoms with Crippen LogP contribution in [-0.2, 0) is 34.2 Å². The van der Waals surface area contributed by atoms with E-state index in [4.69, 9.17) is 4.74 Å². The average molecular weight is 594 g/mol. The Labute approximate surface area is 247 Å². The number of hydrogen-bond acceptors (Lipinski definition) is 8. The van der Waals surface area contributed by atoms with Crippen molar-refractivity contribution >= 4 is 15.9 Å². The molecule has 12 heteroatoms. The van der Waals surface area contributed by atoms with E-state index >= 15 is 0 Å². The van der Waals surface area contributed by atoms with E-state index in [0.717, 1.165) is 52.0 Å². The van der Waals surface area contributed by atoms with Crippen molar-refractivity contribution in [2.75, 3.05) is 53.4 Å². The van der Waals surface area contributed by atoms with Crippen LogP contribution in [-0.4, -0.2) is 103 Å². The summed E-state index contributed by atoms with van der Waals surface area (Å²) in [6.07, 6.45) is 5.08. The fourth-order valence-corrected chi connectivity index (χ4v) is 7.88. The minimum Gasteiger partial charge on any atom is -0.497 e. The third-order valence-corrected chi connectivity index (χ3v) is 10.6. The molecule has 0 saturated carbocycles. The highest BCUT2D eigenvalue weighted by atomic mass is 32.2. The second-order valence-electron chi connectivity index (χ2n) is 11.5. The second kappa shape index (κ2) is 12.1. The van der Waals surface area contributed by atoms with Gasteiger partial charge in [0, 0.05) is 58.4 Å². The number of aromatic nitrogens is 3. The first-order valence-corrected chi connectivity index (χ1v) is 16.1. The van der Waals surface area contributed by atoms with Crippen LogP contribution in [0.2, 0.25) is 0 Å². The van der Waals surface area contributed by atoms with Crippen LogP contribution in [0, 0.1) is 0 Å². The summed E-state index contributed by atoms with van der Waals surface area (Å²) in [5.41, 5.74) is 4.56. The average Bonchev–Trinajstić information content (AvgIpc) is 3.47. The Kier molecular flexibility index (Phi) is 8.30. The van der Waals surface area contributed by atoms with Crippen LogP contribution >= 0.6 is 0 Å². The highest BCUT2D eigenvalue weighted by Crippen LogP contribution is 2.33. The number of rotatable bonds is 8. The lowest BCUT2D eigenvalue weighted by Crippen LogP contribution is -2.57. The van der Waals surface area contributed by atoms with E-state index in [9.17, 15) is 13.2 Å². The molecule has 2 atom stereocenters. The molecule has 6 rings (SSSR count). The molecule has 2 fully saturated rings. The van der Waals surface area contributed by atoms with Crippen molar-refractivity contribution in [3.63, 3.8) is 0 Å². The molecule has 0 radical (unpaired) electrons. The van der Waals surface area contributed by atoms with Crippen molar-refractivity contribution in [2.45, 2.75) is 49.2 Å². The van der Waals surface area contributed by atoms with Gasteiger partial charge < -0.3 is 15.0 Å². The second-order valence-corrected chi connectivity index (χ2v) is 13.4. The molecule has 11 nitrogen and oxygen atoms in total. The zero-order chi connectivity index (χ0) is 29.3. The molecule has 42 heavy (non-hydrogen) atoms. The highest BCUT2D eigenvalue weighted by Gasteiger charge is 2.39. The van der Waals surface area contributed by atoms with Gasteiger partial charge >= 0.3 is 0 Å². The number of likely N-dealkylation sites (N-methyl/N-ethyl adjacent to an activating group) is 1. The maximum absolute atomic E-state index is 13.5. The number of methoxy groups -OCH3 is 1. The topological polar surface area (TPSA) is 113 Å². The number of benzene rings is 2. The minimum absolute atomic E-state index is 0.0620. The van der Waals surface area contributed by atoms with E-state index in [-0.39, 0.29) is 36.4 Å². The van der Waals surface area contributed by atoms with E-state index < -0.39 is 16.1 Å². The lowest BCUT2D eigenvalue weighted by atomic mass is 9.86. The molecule has 3 heterocycles. The molecule has 1 aliphatic carbocycles. The molecule has 2 aliphatic heterocycles. The van der Waals surface area contributed by atoms with Crippen molar-refractivity contribution in [3.05, 3.63) is 71.0 Å². The number of nitrogens with zero attached hydrogens (tertiary/aromatic N) is 6. The summed E-state index contributed by atoms with van der Waals surface area (Å²) in [5, 5.41) is 11.7. The summed E-state index contributed by atoms with van der Waals surface area (Å²) in [4.78, 5) is 18.0. The largest absolute Gasteiger partial charge is 0.497 e. The van der Waals surface area contributed by atoms with Gasteiger partial charge in [-0.15, -0.1) is 5.10 Å². The molecule has 224 valence electrons. The first-order valence-electron chi connectivity index (χ1n) is 14.7. The Morgan fingerprint density at radius 1 is 1.05 bits per heavy atom. The van der Waals surface area contributed by atoms with Crippen molar-refractivity contribution in [1.82, 2.24) is 34.4 Å². The number of carbonyl (C=O) groups excluding carboxylic acids is 1. The normalized spacial score (nSPS) is 22.5.